The van der Waals surface area contributed by atoms with E-state index in [0.717, 1.165) is 16.7 Å². The fourth-order valence-electron chi connectivity index (χ4n) is 4.07. The highest BCUT2D eigenvalue weighted by Gasteiger charge is 2.36. The normalized spacial score (nSPS) is 17.8. The van der Waals surface area contributed by atoms with Crippen LogP contribution in [0.5, 0.6) is 0 Å². The Morgan fingerprint density at radius 2 is 1.76 bits per heavy atom. The minimum atomic E-state index is -3.15. The zero-order valence-electron chi connectivity index (χ0n) is 19.5. The SMILES string of the molecule is Cc1ccc(-c2cc(C(=O)N(Cc3ccc(C(C)(C)C)cc3)[C@@H]3CCS(=O)(=O)C3)no2)cc1. The predicted octanol–water partition coefficient (Wildman–Crippen LogP) is 4.78. The molecule has 1 aliphatic heterocycles. The second kappa shape index (κ2) is 8.78. The van der Waals surface area contributed by atoms with Crippen LogP contribution in [-0.4, -0.2) is 41.9 Å². The Kier molecular flexibility index (Phi) is 6.18. The van der Waals surface area contributed by atoms with Gasteiger partial charge in [-0.3, -0.25) is 4.79 Å². The van der Waals surface area contributed by atoms with Gasteiger partial charge in [-0.2, -0.15) is 0 Å². The van der Waals surface area contributed by atoms with Crippen molar-refractivity contribution in [1.29, 1.82) is 0 Å². The van der Waals surface area contributed by atoms with Gasteiger partial charge in [-0.15, -0.1) is 0 Å². The van der Waals surface area contributed by atoms with E-state index in [4.69, 9.17) is 4.52 Å². The third kappa shape index (κ3) is 5.36. The van der Waals surface area contributed by atoms with Crippen molar-refractivity contribution in [2.75, 3.05) is 11.5 Å². The lowest BCUT2D eigenvalue weighted by Gasteiger charge is -2.28. The number of aryl methyl sites for hydroxylation is 1. The van der Waals surface area contributed by atoms with E-state index in [1.165, 1.54) is 5.56 Å². The zero-order chi connectivity index (χ0) is 23.8. The molecule has 2 heterocycles. The van der Waals surface area contributed by atoms with Crippen molar-refractivity contribution in [3.63, 3.8) is 0 Å². The molecule has 2 aromatic carbocycles. The van der Waals surface area contributed by atoms with Crippen LogP contribution in [-0.2, 0) is 21.8 Å². The van der Waals surface area contributed by atoms with Gasteiger partial charge in [-0.25, -0.2) is 8.42 Å². The third-order valence-electron chi connectivity index (χ3n) is 6.15. The molecule has 0 unspecified atom stereocenters. The summed E-state index contributed by atoms with van der Waals surface area (Å²) in [4.78, 5) is 15.1. The Labute approximate surface area is 195 Å². The molecule has 0 radical (unpaired) electrons. The summed E-state index contributed by atoms with van der Waals surface area (Å²) in [5, 5.41) is 4.02. The van der Waals surface area contributed by atoms with Gasteiger partial charge in [-0.05, 0) is 29.9 Å². The van der Waals surface area contributed by atoms with Gasteiger partial charge in [0, 0.05) is 24.2 Å². The quantitative estimate of drug-likeness (QED) is 0.541. The molecule has 174 valence electrons. The molecule has 1 amide bonds. The molecule has 0 spiro atoms. The maximum absolute atomic E-state index is 13.5. The van der Waals surface area contributed by atoms with E-state index < -0.39 is 9.84 Å². The molecule has 7 heteroatoms. The van der Waals surface area contributed by atoms with E-state index in [1.807, 2.05) is 43.3 Å². The molecule has 0 saturated carbocycles. The summed E-state index contributed by atoms with van der Waals surface area (Å²) in [5.74, 6) is 0.255. The van der Waals surface area contributed by atoms with E-state index in [2.05, 4.69) is 38.1 Å². The van der Waals surface area contributed by atoms with E-state index in [1.54, 1.807) is 11.0 Å². The highest BCUT2D eigenvalue weighted by molar-refractivity contribution is 7.91. The Balaban J connectivity index is 1.61. The summed E-state index contributed by atoms with van der Waals surface area (Å²) in [5.41, 5.74) is 4.32. The number of carbonyl (C=O) groups is 1. The molecule has 1 saturated heterocycles. The van der Waals surface area contributed by atoms with E-state index in [-0.39, 0.29) is 34.6 Å². The van der Waals surface area contributed by atoms with Crippen LogP contribution in [0.1, 0.15) is 54.4 Å². The van der Waals surface area contributed by atoms with Crippen molar-refractivity contribution < 1.29 is 17.7 Å². The molecular formula is C26H30N2O4S. The summed E-state index contributed by atoms with van der Waals surface area (Å²) in [6, 6.07) is 17.2. The van der Waals surface area contributed by atoms with Crippen LogP contribution in [0.25, 0.3) is 11.3 Å². The number of sulfone groups is 1. The van der Waals surface area contributed by atoms with Gasteiger partial charge in [0.05, 0.1) is 11.5 Å². The molecule has 33 heavy (non-hydrogen) atoms. The largest absolute Gasteiger partial charge is 0.355 e. The Hall–Kier alpha value is -2.93. The molecule has 3 aromatic rings. The summed E-state index contributed by atoms with van der Waals surface area (Å²) in [6.45, 7) is 8.77. The van der Waals surface area contributed by atoms with Gasteiger partial charge in [0.25, 0.3) is 5.91 Å². The Morgan fingerprint density at radius 1 is 1.09 bits per heavy atom. The lowest BCUT2D eigenvalue weighted by molar-refractivity contribution is 0.0670. The average molecular weight is 467 g/mol. The van der Waals surface area contributed by atoms with Crippen LogP contribution < -0.4 is 0 Å². The summed E-state index contributed by atoms with van der Waals surface area (Å²) >= 11 is 0. The number of aromatic nitrogens is 1. The maximum Gasteiger partial charge on any atom is 0.276 e. The number of amides is 1. The topological polar surface area (TPSA) is 80.5 Å². The van der Waals surface area contributed by atoms with E-state index in [9.17, 15) is 13.2 Å². The first-order chi connectivity index (χ1) is 15.5. The van der Waals surface area contributed by atoms with Gasteiger partial charge in [0.15, 0.2) is 21.3 Å². The van der Waals surface area contributed by atoms with Crippen LogP contribution in [0.15, 0.2) is 59.1 Å². The standard InChI is InChI=1S/C26H30N2O4S/c1-18-5-9-20(10-6-18)24-15-23(27-32-24)25(29)28(22-13-14-33(30,31)17-22)16-19-7-11-21(12-8-19)26(2,3)4/h5-12,15,22H,13-14,16-17H2,1-4H3/t22-/m1/s1. The lowest BCUT2D eigenvalue weighted by atomic mass is 9.86. The van der Waals surface area contributed by atoms with Crippen molar-refractivity contribution in [2.45, 2.75) is 52.1 Å². The van der Waals surface area contributed by atoms with Crippen molar-refractivity contribution >= 4 is 15.7 Å². The number of hydrogen-bond donors (Lipinski definition) is 0. The smallest absolute Gasteiger partial charge is 0.276 e. The van der Waals surface area contributed by atoms with Crippen LogP contribution in [0.3, 0.4) is 0 Å². The molecule has 0 N–H and O–H groups in total. The minimum absolute atomic E-state index is 0.0263. The lowest BCUT2D eigenvalue weighted by Crippen LogP contribution is -2.40. The average Bonchev–Trinajstić information content (AvgIpc) is 3.38. The summed E-state index contributed by atoms with van der Waals surface area (Å²) in [7, 11) is -3.15. The molecule has 1 atom stereocenters. The molecule has 0 bridgehead atoms. The molecule has 0 aliphatic carbocycles. The number of carbonyl (C=O) groups excluding carboxylic acids is 1. The fourth-order valence-corrected chi connectivity index (χ4v) is 5.80. The van der Waals surface area contributed by atoms with Crippen molar-refractivity contribution in [1.82, 2.24) is 10.1 Å². The fraction of sp³-hybridized carbons (Fsp3) is 0.385. The van der Waals surface area contributed by atoms with Crippen LogP contribution >= 0.6 is 0 Å². The molecular weight excluding hydrogens is 436 g/mol. The van der Waals surface area contributed by atoms with Crippen molar-refractivity contribution in [2.24, 2.45) is 0 Å². The Bertz CT molecular complexity index is 1240. The number of nitrogens with zero attached hydrogens (tertiary/aromatic N) is 2. The summed E-state index contributed by atoms with van der Waals surface area (Å²) < 4.78 is 29.8. The van der Waals surface area contributed by atoms with Crippen LogP contribution in [0.2, 0.25) is 0 Å². The first-order valence-corrected chi connectivity index (χ1v) is 13.0. The van der Waals surface area contributed by atoms with E-state index >= 15 is 0 Å². The second-order valence-electron chi connectivity index (χ2n) is 9.88. The number of rotatable bonds is 5. The van der Waals surface area contributed by atoms with Gasteiger partial charge >= 0.3 is 0 Å². The molecule has 6 nitrogen and oxygen atoms in total. The first-order valence-electron chi connectivity index (χ1n) is 11.2. The third-order valence-corrected chi connectivity index (χ3v) is 7.90. The highest BCUT2D eigenvalue weighted by Crippen LogP contribution is 2.27. The van der Waals surface area contributed by atoms with Gasteiger partial charge in [-0.1, -0.05) is 80.0 Å². The van der Waals surface area contributed by atoms with Crippen molar-refractivity contribution in [3.8, 4) is 11.3 Å². The van der Waals surface area contributed by atoms with E-state index in [0.29, 0.717) is 18.7 Å². The minimum Gasteiger partial charge on any atom is -0.355 e. The molecule has 4 rings (SSSR count). The van der Waals surface area contributed by atoms with Gasteiger partial charge in [0.2, 0.25) is 0 Å². The summed E-state index contributed by atoms with van der Waals surface area (Å²) in [6.07, 6.45) is 0.427. The van der Waals surface area contributed by atoms with Gasteiger partial charge in [0.1, 0.15) is 0 Å². The number of hydrogen-bond acceptors (Lipinski definition) is 5. The van der Waals surface area contributed by atoms with Gasteiger partial charge < -0.3 is 9.42 Å². The van der Waals surface area contributed by atoms with Crippen molar-refractivity contribution in [3.05, 3.63) is 77.0 Å². The molecule has 1 fully saturated rings. The van der Waals surface area contributed by atoms with Crippen LogP contribution in [0, 0.1) is 6.92 Å². The Morgan fingerprint density at radius 3 is 2.33 bits per heavy atom. The zero-order valence-corrected chi connectivity index (χ0v) is 20.4. The molecule has 1 aliphatic rings. The highest BCUT2D eigenvalue weighted by atomic mass is 32.2. The number of benzene rings is 2. The van der Waals surface area contributed by atoms with Crippen LogP contribution in [0.4, 0.5) is 0 Å². The molecule has 1 aromatic heterocycles. The monoisotopic (exact) mass is 466 g/mol. The maximum atomic E-state index is 13.5. The first kappa shape index (κ1) is 23.2. The predicted molar refractivity (Wildman–Crippen MR) is 129 cm³/mol. The second-order valence-corrected chi connectivity index (χ2v) is 12.1.